The molecule has 100 valence electrons. The van der Waals surface area contributed by atoms with Crippen LogP contribution < -0.4 is 19.9 Å². The fourth-order valence-electron chi connectivity index (χ4n) is 1.23. The van der Waals surface area contributed by atoms with Crippen molar-refractivity contribution in [3.8, 4) is 23.8 Å². The third kappa shape index (κ3) is 3.14. The van der Waals surface area contributed by atoms with Crippen molar-refractivity contribution in [3.63, 3.8) is 0 Å². The van der Waals surface area contributed by atoms with Crippen molar-refractivity contribution in [2.24, 2.45) is 0 Å². The number of methoxy groups -OCH3 is 2. The second-order valence-corrected chi connectivity index (χ2v) is 3.78. The first kappa shape index (κ1) is 13.2. The molecule has 2 N–H and O–H groups in total. The summed E-state index contributed by atoms with van der Waals surface area (Å²) < 4.78 is 15.3. The molecular formula is C11H11ClN4O3. The minimum Gasteiger partial charge on any atom is -0.467 e. The average Bonchev–Trinajstić information content (AvgIpc) is 2.42. The Balaban J connectivity index is 2.29. The molecule has 0 bridgehead atoms. The number of halogens is 1. The fourth-order valence-corrected chi connectivity index (χ4v) is 1.40. The average molecular weight is 283 g/mol. The molecule has 0 atom stereocenters. The Bertz CT molecular complexity index is 572. The van der Waals surface area contributed by atoms with Crippen molar-refractivity contribution >= 4 is 17.3 Å². The van der Waals surface area contributed by atoms with Crippen LogP contribution in [0.5, 0.6) is 23.8 Å². The maximum atomic E-state index is 5.89. The molecule has 0 radical (unpaired) electrons. The molecule has 1 heterocycles. The summed E-state index contributed by atoms with van der Waals surface area (Å²) in [6.45, 7) is 0. The molecule has 0 saturated heterocycles. The van der Waals surface area contributed by atoms with Crippen LogP contribution in [0.1, 0.15) is 0 Å². The van der Waals surface area contributed by atoms with Crippen LogP contribution in [0.2, 0.25) is 5.02 Å². The van der Waals surface area contributed by atoms with Gasteiger partial charge in [-0.15, -0.1) is 15.0 Å². The van der Waals surface area contributed by atoms with Gasteiger partial charge in [0.25, 0.3) is 0 Å². The van der Waals surface area contributed by atoms with E-state index < -0.39 is 0 Å². The summed E-state index contributed by atoms with van der Waals surface area (Å²) in [4.78, 5) is 11.7. The molecule has 0 aliphatic heterocycles. The van der Waals surface area contributed by atoms with Crippen LogP contribution in [0.4, 0.5) is 5.69 Å². The first-order chi connectivity index (χ1) is 9.12. The lowest BCUT2D eigenvalue weighted by Crippen LogP contribution is -2.01. The van der Waals surface area contributed by atoms with Crippen molar-refractivity contribution in [2.45, 2.75) is 0 Å². The van der Waals surface area contributed by atoms with E-state index in [0.29, 0.717) is 16.5 Å². The molecule has 0 fully saturated rings. The van der Waals surface area contributed by atoms with Gasteiger partial charge in [-0.2, -0.15) is 0 Å². The van der Waals surface area contributed by atoms with E-state index in [1.54, 1.807) is 18.2 Å². The monoisotopic (exact) mass is 282 g/mol. The molecule has 8 heteroatoms. The van der Waals surface area contributed by atoms with Crippen molar-refractivity contribution in [1.29, 1.82) is 0 Å². The summed E-state index contributed by atoms with van der Waals surface area (Å²) in [5, 5.41) is 0.380. The summed E-state index contributed by atoms with van der Waals surface area (Å²) in [7, 11) is 2.86. The Labute approximate surface area is 114 Å². The number of rotatable bonds is 4. The maximum absolute atomic E-state index is 5.89. The minimum absolute atomic E-state index is 0.0320. The second kappa shape index (κ2) is 5.57. The largest absolute Gasteiger partial charge is 0.467 e. The Morgan fingerprint density at radius 2 is 1.58 bits per heavy atom. The molecule has 0 aliphatic carbocycles. The number of nitrogens with zero attached hydrogens (tertiary/aromatic N) is 3. The second-order valence-electron chi connectivity index (χ2n) is 3.38. The topological polar surface area (TPSA) is 92.4 Å². The van der Waals surface area contributed by atoms with Crippen molar-refractivity contribution < 1.29 is 14.2 Å². The zero-order valence-electron chi connectivity index (χ0n) is 10.3. The smallest absolute Gasteiger partial charge is 0.331 e. The number of benzene rings is 1. The zero-order chi connectivity index (χ0) is 13.8. The number of anilines is 1. The zero-order valence-corrected chi connectivity index (χ0v) is 11.0. The van der Waals surface area contributed by atoms with Gasteiger partial charge in [0.05, 0.1) is 24.9 Å². The summed E-state index contributed by atoms with van der Waals surface area (Å²) in [5.74, 6) is 0.439. The Morgan fingerprint density at radius 1 is 1.00 bits per heavy atom. The maximum Gasteiger partial charge on any atom is 0.331 e. The number of ether oxygens (including phenoxy) is 3. The van der Waals surface area contributed by atoms with Gasteiger partial charge in [-0.25, -0.2) is 0 Å². The SMILES string of the molecule is COc1nc(OC)nc(Oc2ccc(N)c(Cl)c2)n1. The third-order valence-corrected chi connectivity index (χ3v) is 2.45. The van der Waals surface area contributed by atoms with E-state index in [0.717, 1.165) is 0 Å². The summed E-state index contributed by atoms with van der Waals surface area (Å²) in [6.07, 6.45) is 0. The number of aromatic nitrogens is 3. The highest BCUT2D eigenvalue weighted by atomic mass is 35.5. The predicted molar refractivity (Wildman–Crippen MR) is 68.9 cm³/mol. The van der Waals surface area contributed by atoms with Gasteiger partial charge >= 0.3 is 18.0 Å². The number of nitrogen functional groups attached to an aromatic ring is 1. The molecule has 7 nitrogen and oxygen atoms in total. The first-order valence-electron chi connectivity index (χ1n) is 5.19. The van der Waals surface area contributed by atoms with E-state index in [2.05, 4.69) is 15.0 Å². The van der Waals surface area contributed by atoms with Crippen LogP contribution in [0.3, 0.4) is 0 Å². The fraction of sp³-hybridized carbons (Fsp3) is 0.182. The Kier molecular flexibility index (Phi) is 3.86. The highest BCUT2D eigenvalue weighted by Gasteiger charge is 2.09. The molecule has 0 unspecified atom stereocenters. The molecule has 1 aromatic carbocycles. The van der Waals surface area contributed by atoms with Crippen molar-refractivity contribution in [1.82, 2.24) is 15.0 Å². The Morgan fingerprint density at radius 3 is 2.11 bits per heavy atom. The summed E-state index contributed by atoms with van der Waals surface area (Å²) in [5.41, 5.74) is 6.06. The number of hydrogen-bond acceptors (Lipinski definition) is 7. The predicted octanol–water partition coefficient (Wildman–Crippen LogP) is 1.92. The van der Waals surface area contributed by atoms with Gasteiger partial charge in [0, 0.05) is 6.07 Å². The van der Waals surface area contributed by atoms with Crippen LogP contribution in [0, 0.1) is 0 Å². The number of hydrogen-bond donors (Lipinski definition) is 1. The van der Waals surface area contributed by atoms with E-state index >= 15 is 0 Å². The standard InChI is InChI=1S/C11H11ClN4O3/c1-17-9-14-10(18-2)16-11(15-9)19-6-3-4-8(13)7(12)5-6/h3-5H,13H2,1-2H3. The molecule has 2 aromatic rings. The first-order valence-corrected chi connectivity index (χ1v) is 5.57. The Hall–Kier alpha value is -2.28. The molecule has 0 amide bonds. The van der Waals surface area contributed by atoms with Crippen LogP contribution in [0.25, 0.3) is 0 Å². The third-order valence-electron chi connectivity index (χ3n) is 2.12. The summed E-state index contributed by atoms with van der Waals surface area (Å²) in [6, 6.07) is 5.02. The van der Waals surface area contributed by atoms with E-state index in [4.69, 9.17) is 31.5 Å². The normalized spacial score (nSPS) is 10.1. The van der Waals surface area contributed by atoms with Crippen molar-refractivity contribution in [3.05, 3.63) is 23.2 Å². The van der Waals surface area contributed by atoms with E-state index in [1.165, 1.54) is 14.2 Å². The minimum atomic E-state index is 0.0320. The van der Waals surface area contributed by atoms with E-state index in [1.807, 2.05) is 0 Å². The molecule has 0 saturated carbocycles. The molecule has 1 aromatic heterocycles. The molecular weight excluding hydrogens is 272 g/mol. The van der Waals surface area contributed by atoms with Gasteiger partial charge in [-0.05, 0) is 12.1 Å². The van der Waals surface area contributed by atoms with Gasteiger partial charge in [0.1, 0.15) is 5.75 Å². The van der Waals surface area contributed by atoms with Gasteiger partial charge in [-0.3, -0.25) is 0 Å². The van der Waals surface area contributed by atoms with Crippen LogP contribution in [-0.2, 0) is 0 Å². The van der Waals surface area contributed by atoms with Crippen LogP contribution >= 0.6 is 11.6 Å². The quantitative estimate of drug-likeness (QED) is 0.856. The van der Waals surface area contributed by atoms with E-state index in [-0.39, 0.29) is 18.0 Å². The van der Waals surface area contributed by atoms with E-state index in [9.17, 15) is 0 Å². The lowest BCUT2D eigenvalue weighted by Gasteiger charge is -2.07. The molecule has 0 aliphatic rings. The van der Waals surface area contributed by atoms with Crippen LogP contribution in [-0.4, -0.2) is 29.2 Å². The van der Waals surface area contributed by atoms with Gasteiger partial charge < -0.3 is 19.9 Å². The van der Waals surface area contributed by atoms with Crippen LogP contribution in [0.15, 0.2) is 18.2 Å². The van der Waals surface area contributed by atoms with Gasteiger partial charge in [-0.1, -0.05) is 11.6 Å². The van der Waals surface area contributed by atoms with Gasteiger partial charge in [0.2, 0.25) is 0 Å². The lowest BCUT2D eigenvalue weighted by molar-refractivity contribution is 0.320. The lowest BCUT2D eigenvalue weighted by atomic mass is 10.3. The highest BCUT2D eigenvalue weighted by Crippen LogP contribution is 2.27. The summed E-state index contributed by atoms with van der Waals surface area (Å²) >= 11 is 5.89. The molecule has 19 heavy (non-hydrogen) atoms. The van der Waals surface area contributed by atoms with Crippen molar-refractivity contribution in [2.75, 3.05) is 20.0 Å². The molecule has 0 spiro atoms. The highest BCUT2D eigenvalue weighted by molar-refractivity contribution is 6.33. The van der Waals surface area contributed by atoms with Gasteiger partial charge in [0.15, 0.2) is 0 Å². The number of nitrogens with two attached hydrogens (primary N) is 1. The molecule has 2 rings (SSSR count).